The summed E-state index contributed by atoms with van der Waals surface area (Å²) in [6, 6.07) is 1.14. The van der Waals surface area contributed by atoms with Gasteiger partial charge in [-0.1, -0.05) is 20.8 Å². The molecule has 1 fully saturated rings. The number of nitrogens with one attached hydrogen (secondary N) is 1. The highest BCUT2D eigenvalue weighted by molar-refractivity contribution is 5.02. The van der Waals surface area contributed by atoms with Crippen LogP contribution in [0.2, 0.25) is 0 Å². The van der Waals surface area contributed by atoms with Crippen LogP contribution in [0.1, 0.15) is 27.2 Å². The predicted octanol–water partition coefficient (Wildman–Crippen LogP) is -1.26. The van der Waals surface area contributed by atoms with Crippen molar-refractivity contribution >= 4 is 0 Å². The van der Waals surface area contributed by atoms with Crippen molar-refractivity contribution in [3.63, 3.8) is 0 Å². The van der Waals surface area contributed by atoms with E-state index in [9.17, 15) is 24.9 Å². The molecule has 0 aromatic carbocycles. The van der Waals surface area contributed by atoms with E-state index in [4.69, 9.17) is 4.74 Å². The molecule has 0 radical (unpaired) electrons. The van der Waals surface area contributed by atoms with Crippen LogP contribution in [0.15, 0.2) is 21.9 Å². The third-order valence-corrected chi connectivity index (χ3v) is 3.95. The summed E-state index contributed by atoms with van der Waals surface area (Å²) in [5.41, 5.74) is -3.55. The fourth-order valence-electron chi connectivity index (χ4n) is 2.83. The zero-order chi connectivity index (χ0) is 16.7. The van der Waals surface area contributed by atoms with Gasteiger partial charge in [-0.25, -0.2) is 4.79 Å². The van der Waals surface area contributed by atoms with Crippen LogP contribution in [0.4, 0.5) is 0 Å². The van der Waals surface area contributed by atoms with Crippen molar-refractivity contribution in [2.45, 2.75) is 51.2 Å². The van der Waals surface area contributed by atoms with Gasteiger partial charge in [-0.05, 0) is 5.41 Å². The zero-order valence-corrected chi connectivity index (χ0v) is 12.8. The van der Waals surface area contributed by atoms with Crippen LogP contribution in [-0.4, -0.2) is 49.8 Å². The molecule has 2 heterocycles. The van der Waals surface area contributed by atoms with Gasteiger partial charge in [0, 0.05) is 18.7 Å². The molecule has 124 valence electrons. The maximum atomic E-state index is 12.1. The molecule has 1 aromatic heterocycles. The number of H-pyrrole nitrogens is 1. The lowest BCUT2D eigenvalue weighted by Crippen LogP contribution is -2.55. The number of aromatic nitrogens is 2. The maximum absolute atomic E-state index is 12.1. The Labute approximate surface area is 127 Å². The van der Waals surface area contributed by atoms with Crippen LogP contribution in [-0.2, 0) is 10.5 Å². The summed E-state index contributed by atoms with van der Waals surface area (Å²) in [5.74, 6) is 0. The van der Waals surface area contributed by atoms with Crippen LogP contribution in [0, 0.1) is 5.41 Å². The molecule has 22 heavy (non-hydrogen) atoms. The van der Waals surface area contributed by atoms with Crippen LogP contribution < -0.4 is 11.2 Å². The minimum atomic E-state index is -1.56. The van der Waals surface area contributed by atoms with Crippen molar-refractivity contribution in [3.8, 4) is 0 Å². The molecule has 1 aliphatic heterocycles. The number of aliphatic hydroxyl groups is 3. The summed E-state index contributed by atoms with van der Waals surface area (Å²) < 4.78 is 6.77. The number of rotatable bonds is 3. The molecule has 4 atom stereocenters. The Morgan fingerprint density at radius 2 is 2.14 bits per heavy atom. The summed E-state index contributed by atoms with van der Waals surface area (Å²) >= 11 is 0. The summed E-state index contributed by atoms with van der Waals surface area (Å²) in [6.07, 6.45) is -1.97. The topological polar surface area (TPSA) is 125 Å². The van der Waals surface area contributed by atoms with Crippen molar-refractivity contribution in [2.24, 2.45) is 5.41 Å². The molecule has 1 unspecified atom stereocenters. The largest absolute Gasteiger partial charge is 0.394 e. The van der Waals surface area contributed by atoms with Gasteiger partial charge in [-0.15, -0.1) is 0 Å². The molecule has 8 nitrogen and oxygen atoms in total. The van der Waals surface area contributed by atoms with E-state index in [1.807, 2.05) is 0 Å². The molecular formula is C14H22N2O6. The Morgan fingerprint density at radius 3 is 2.59 bits per heavy atom. The first kappa shape index (κ1) is 16.9. The van der Waals surface area contributed by atoms with Gasteiger partial charge in [0.25, 0.3) is 5.56 Å². The number of ether oxygens (including phenoxy) is 1. The average Bonchev–Trinajstić information content (AvgIpc) is 2.74. The molecular weight excluding hydrogens is 292 g/mol. The Kier molecular flexibility index (Phi) is 4.31. The molecule has 0 amide bonds. The quantitative estimate of drug-likeness (QED) is 0.552. The van der Waals surface area contributed by atoms with E-state index in [-0.39, 0.29) is 6.42 Å². The number of aliphatic hydroxyl groups excluding tert-OH is 3. The van der Waals surface area contributed by atoms with Gasteiger partial charge in [0.1, 0.15) is 12.2 Å². The lowest BCUT2D eigenvalue weighted by molar-refractivity contribution is -0.205. The summed E-state index contributed by atoms with van der Waals surface area (Å²) in [5, 5.41) is 30.1. The third kappa shape index (κ3) is 2.74. The number of aromatic amines is 1. The third-order valence-electron chi connectivity index (χ3n) is 3.95. The van der Waals surface area contributed by atoms with E-state index in [2.05, 4.69) is 4.98 Å². The van der Waals surface area contributed by atoms with E-state index in [0.29, 0.717) is 0 Å². The second-order valence-electron chi connectivity index (χ2n) is 6.70. The van der Waals surface area contributed by atoms with Crippen molar-refractivity contribution in [3.05, 3.63) is 33.1 Å². The SMILES string of the molecule is CC(C)(C)C(O)[C@]1(n2ccc(=O)[nH]c2=O)C[C@H](O)[C@@H](CO)O1. The highest BCUT2D eigenvalue weighted by Crippen LogP contribution is 2.42. The smallest absolute Gasteiger partial charge is 0.330 e. The molecule has 8 heteroatoms. The van der Waals surface area contributed by atoms with E-state index in [1.165, 1.54) is 6.20 Å². The lowest BCUT2D eigenvalue weighted by Gasteiger charge is -2.41. The van der Waals surface area contributed by atoms with Crippen LogP contribution in [0.3, 0.4) is 0 Å². The summed E-state index contributed by atoms with van der Waals surface area (Å²) in [6.45, 7) is 4.84. The van der Waals surface area contributed by atoms with Gasteiger partial charge in [0.2, 0.25) is 0 Å². The first-order chi connectivity index (χ1) is 10.1. The maximum Gasteiger partial charge on any atom is 0.330 e. The molecule has 2 rings (SSSR count). The second-order valence-corrected chi connectivity index (χ2v) is 6.70. The lowest BCUT2D eigenvalue weighted by atomic mass is 9.81. The van der Waals surface area contributed by atoms with Crippen molar-refractivity contribution in [1.82, 2.24) is 9.55 Å². The van der Waals surface area contributed by atoms with Gasteiger partial charge < -0.3 is 20.1 Å². The fraction of sp³-hybridized carbons (Fsp3) is 0.714. The van der Waals surface area contributed by atoms with Crippen molar-refractivity contribution in [1.29, 1.82) is 0 Å². The van der Waals surface area contributed by atoms with Crippen molar-refractivity contribution < 1.29 is 20.1 Å². The second kappa shape index (κ2) is 5.62. The first-order valence-electron chi connectivity index (χ1n) is 7.09. The standard InChI is InChI=1S/C14H22N2O6/c1-13(2,3)11(20)14(6-8(18)9(7-17)22-14)16-5-4-10(19)15-12(16)21/h4-5,8-9,11,17-18,20H,6-7H2,1-3H3,(H,15,19,21)/t8-,9+,11?,14-/m0/s1. The summed E-state index contributed by atoms with van der Waals surface area (Å²) in [4.78, 5) is 25.5. The minimum Gasteiger partial charge on any atom is -0.394 e. The van der Waals surface area contributed by atoms with Gasteiger partial charge in [0.05, 0.1) is 12.7 Å². The van der Waals surface area contributed by atoms with Gasteiger partial charge in [0.15, 0.2) is 5.72 Å². The summed E-state index contributed by atoms with van der Waals surface area (Å²) in [7, 11) is 0. The van der Waals surface area contributed by atoms with Gasteiger partial charge in [-0.3, -0.25) is 14.3 Å². The molecule has 0 spiro atoms. The van der Waals surface area contributed by atoms with Crippen molar-refractivity contribution in [2.75, 3.05) is 6.61 Å². The molecule has 1 aromatic rings. The molecule has 4 N–H and O–H groups in total. The predicted molar refractivity (Wildman–Crippen MR) is 77.3 cm³/mol. The highest BCUT2D eigenvalue weighted by atomic mass is 16.6. The Balaban J connectivity index is 2.62. The Bertz CT molecular complexity index is 646. The number of hydrogen-bond donors (Lipinski definition) is 4. The van der Waals surface area contributed by atoms with Gasteiger partial charge >= 0.3 is 5.69 Å². The molecule has 0 bridgehead atoms. The number of hydrogen-bond acceptors (Lipinski definition) is 6. The Morgan fingerprint density at radius 1 is 1.50 bits per heavy atom. The van der Waals surface area contributed by atoms with E-state index >= 15 is 0 Å². The zero-order valence-electron chi connectivity index (χ0n) is 12.8. The van der Waals surface area contributed by atoms with Crippen LogP contribution >= 0.6 is 0 Å². The van der Waals surface area contributed by atoms with E-state index in [1.54, 1.807) is 20.8 Å². The highest BCUT2D eigenvalue weighted by Gasteiger charge is 2.55. The first-order valence-corrected chi connectivity index (χ1v) is 7.09. The minimum absolute atomic E-state index is 0.0807. The van der Waals surface area contributed by atoms with Crippen LogP contribution in [0.5, 0.6) is 0 Å². The normalized spacial score (nSPS) is 30.5. The van der Waals surface area contributed by atoms with E-state index < -0.39 is 47.3 Å². The Hall–Kier alpha value is -1.48. The fourth-order valence-corrected chi connectivity index (χ4v) is 2.83. The molecule has 1 aliphatic rings. The number of nitrogens with zero attached hydrogens (tertiary/aromatic N) is 1. The molecule has 1 saturated heterocycles. The average molecular weight is 314 g/mol. The molecule has 0 saturated carbocycles. The monoisotopic (exact) mass is 314 g/mol. The van der Waals surface area contributed by atoms with E-state index in [0.717, 1.165) is 10.6 Å². The van der Waals surface area contributed by atoms with Gasteiger partial charge in [-0.2, -0.15) is 0 Å². The van der Waals surface area contributed by atoms with Crippen LogP contribution in [0.25, 0.3) is 0 Å². The molecule has 0 aliphatic carbocycles.